The van der Waals surface area contributed by atoms with Gasteiger partial charge in [0.15, 0.2) is 0 Å². The molecule has 17 heavy (non-hydrogen) atoms. The third-order valence-electron chi connectivity index (χ3n) is 2.02. The third kappa shape index (κ3) is 3.72. The molecule has 1 aromatic rings. The van der Waals surface area contributed by atoms with Gasteiger partial charge in [-0.1, -0.05) is 70.0 Å². The van der Waals surface area contributed by atoms with Crippen LogP contribution in [0.3, 0.4) is 0 Å². The Morgan fingerprint density at radius 3 is 2.24 bits per heavy atom. The van der Waals surface area contributed by atoms with Gasteiger partial charge in [0.1, 0.15) is 6.10 Å². The summed E-state index contributed by atoms with van der Waals surface area (Å²) in [6.45, 7) is 0. The Bertz CT molecular complexity index is 389. The van der Waals surface area contributed by atoms with E-state index < -0.39 is 16.1 Å². The molecule has 1 rings (SSSR count). The molecule has 0 aliphatic rings. The molecule has 1 aromatic carbocycles. The normalized spacial score (nSPS) is 18.0. The second-order valence-electron chi connectivity index (χ2n) is 3.34. The second kappa shape index (κ2) is 5.42. The number of aliphatic hydroxyl groups excluding tert-OH is 1. The summed E-state index contributed by atoms with van der Waals surface area (Å²) in [6.07, 6.45) is -4.28. The lowest BCUT2D eigenvalue weighted by Gasteiger charge is -2.26. The third-order valence-corrected chi connectivity index (χ3v) is 3.38. The van der Waals surface area contributed by atoms with Gasteiger partial charge in [-0.05, 0) is 5.56 Å². The molecular weight excluding hydrogens is 320 g/mol. The van der Waals surface area contributed by atoms with E-state index in [-0.39, 0.29) is 0 Å². The molecule has 0 radical (unpaired) electrons. The van der Waals surface area contributed by atoms with Crippen LogP contribution in [-0.2, 0) is 0 Å². The van der Waals surface area contributed by atoms with Crippen molar-refractivity contribution in [3.05, 3.63) is 42.0 Å². The fourth-order valence-corrected chi connectivity index (χ4v) is 1.28. The highest BCUT2D eigenvalue weighted by molar-refractivity contribution is 9.10. The fourth-order valence-electron chi connectivity index (χ4n) is 1.05. The van der Waals surface area contributed by atoms with E-state index in [1.165, 1.54) is 6.08 Å². The van der Waals surface area contributed by atoms with E-state index in [9.17, 15) is 18.3 Å². The lowest BCUT2D eigenvalue weighted by molar-refractivity contribution is -0.152. The van der Waals surface area contributed by atoms with Crippen molar-refractivity contribution in [1.29, 1.82) is 0 Å². The van der Waals surface area contributed by atoms with Gasteiger partial charge in [0.2, 0.25) is 3.78 Å². The van der Waals surface area contributed by atoms with Crippen molar-refractivity contribution in [2.75, 3.05) is 0 Å². The molecule has 0 aliphatic heterocycles. The van der Waals surface area contributed by atoms with E-state index in [4.69, 9.17) is 11.6 Å². The zero-order valence-corrected chi connectivity index (χ0v) is 10.8. The van der Waals surface area contributed by atoms with Crippen molar-refractivity contribution >= 4 is 33.6 Å². The molecule has 1 N–H and O–H groups in total. The van der Waals surface area contributed by atoms with E-state index in [1.54, 1.807) is 30.3 Å². The summed E-state index contributed by atoms with van der Waals surface area (Å²) in [5, 5.41) is 9.39. The van der Waals surface area contributed by atoms with Crippen LogP contribution in [0.4, 0.5) is 13.2 Å². The van der Waals surface area contributed by atoms with Crippen LogP contribution >= 0.6 is 27.5 Å². The van der Waals surface area contributed by atoms with Crippen molar-refractivity contribution in [3.63, 3.8) is 0 Å². The number of aliphatic hydroxyl groups is 1. The zero-order chi connectivity index (χ0) is 13.1. The molecule has 6 heteroatoms. The Morgan fingerprint density at radius 2 is 1.76 bits per heavy atom. The molecule has 0 amide bonds. The van der Waals surface area contributed by atoms with Crippen LogP contribution in [0.25, 0.3) is 6.08 Å². The van der Waals surface area contributed by atoms with Gasteiger partial charge in [0, 0.05) is 0 Å². The Balaban J connectivity index is 2.80. The Morgan fingerprint density at radius 1 is 1.24 bits per heavy atom. The van der Waals surface area contributed by atoms with Crippen molar-refractivity contribution in [3.8, 4) is 0 Å². The lowest BCUT2D eigenvalue weighted by atomic mass is 10.1. The maximum Gasteiger partial charge on any atom is 0.420 e. The molecule has 0 aromatic heterocycles. The van der Waals surface area contributed by atoms with Crippen molar-refractivity contribution in [2.24, 2.45) is 0 Å². The molecule has 0 aliphatic carbocycles. The minimum Gasteiger partial charge on any atom is -0.386 e. The predicted molar refractivity (Wildman–Crippen MR) is 65.0 cm³/mol. The smallest absolute Gasteiger partial charge is 0.386 e. The lowest BCUT2D eigenvalue weighted by Crippen LogP contribution is -2.43. The minimum absolute atomic E-state index is 0.675. The molecule has 0 bridgehead atoms. The largest absolute Gasteiger partial charge is 0.420 e. The molecule has 0 spiro atoms. The van der Waals surface area contributed by atoms with Gasteiger partial charge in [-0.15, -0.1) is 0 Å². The van der Waals surface area contributed by atoms with Gasteiger partial charge in [-0.3, -0.25) is 0 Å². The standard InChI is InChI=1S/C11H9BrClF3O/c12-10(13,11(14,15)16)9(17)7-6-8-4-2-1-3-5-8/h1-7,9,17H/b7-6+. The first-order chi connectivity index (χ1) is 7.75. The van der Waals surface area contributed by atoms with Crippen LogP contribution < -0.4 is 0 Å². The Labute approximate surface area is 110 Å². The molecule has 94 valence electrons. The van der Waals surface area contributed by atoms with Gasteiger partial charge >= 0.3 is 6.18 Å². The van der Waals surface area contributed by atoms with Crippen LogP contribution in [0.2, 0.25) is 0 Å². The van der Waals surface area contributed by atoms with Crippen LogP contribution in [-0.4, -0.2) is 21.2 Å². The first-order valence-electron chi connectivity index (χ1n) is 4.61. The second-order valence-corrected chi connectivity index (χ2v) is 5.64. The summed E-state index contributed by atoms with van der Waals surface area (Å²) >= 11 is 7.50. The highest BCUT2D eigenvalue weighted by atomic mass is 79.9. The number of hydrogen-bond acceptors (Lipinski definition) is 1. The van der Waals surface area contributed by atoms with E-state index in [0.29, 0.717) is 5.56 Å². The first-order valence-corrected chi connectivity index (χ1v) is 5.78. The van der Waals surface area contributed by atoms with Crippen LogP contribution in [0.5, 0.6) is 0 Å². The summed E-state index contributed by atoms with van der Waals surface area (Å²) in [6, 6.07) is 8.64. The number of benzene rings is 1. The molecule has 0 fully saturated rings. The summed E-state index contributed by atoms with van der Waals surface area (Å²) in [5.41, 5.74) is 0.675. The van der Waals surface area contributed by atoms with Crippen molar-refractivity contribution < 1.29 is 18.3 Å². The first kappa shape index (κ1) is 14.5. The Kier molecular flexibility index (Phi) is 4.63. The van der Waals surface area contributed by atoms with Crippen molar-refractivity contribution in [1.82, 2.24) is 0 Å². The SMILES string of the molecule is OC(/C=C/c1ccccc1)C(Cl)(Br)C(F)(F)F. The van der Waals surface area contributed by atoms with Gasteiger partial charge in [-0.25, -0.2) is 0 Å². The molecular formula is C11H9BrClF3O. The van der Waals surface area contributed by atoms with Gasteiger partial charge < -0.3 is 5.11 Å². The molecule has 0 saturated carbocycles. The van der Waals surface area contributed by atoms with Crippen LogP contribution in [0, 0.1) is 0 Å². The van der Waals surface area contributed by atoms with Gasteiger partial charge in [0.25, 0.3) is 0 Å². The van der Waals surface area contributed by atoms with Crippen molar-refractivity contribution in [2.45, 2.75) is 16.1 Å². The number of alkyl halides is 5. The summed E-state index contributed by atoms with van der Waals surface area (Å²) in [7, 11) is 0. The summed E-state index contributed by atoms with van der Waals surface area (Å²) < 4.78 is 34.4. The minimum atomic E-state index is -4.75. The van der Waals surface area contributed by atoms with Crippen LogP contribution in [0.1, 0.15) is 5.56 Å². The quantitative estimate of drug-likeness (QED) is 0.833. The van der Waals surface area contributed by atoms with E-state index >= 15 is 0 Å². The predicted octanol–water partition coefficient (Wildman–Crippen LogP) is 3.95. The number of hydrogen-bond donors (Lipinski definition) is 1. The van der Waals surface area contributed by atoms with Gasteiger partial charge in [-0.2, -0.15) is 13.2 Å². The topological polar surface area (TPSA) is 20.2 Å². The Hall–Kier alpha value is -0.520. The molecule has 0 heterocycles. The number of rotatable bonds is 3. The average molecular weight is 330 g/mol. The monoisotopic (exact) mass is 328 g/mol. The van der Waals surface area contributed by atoms with Gasteiger partial charge in [0.05, 0.1) is 0 Å². The number of halogens is 5. The van der Waals surface area contributed by atoms with E-state index in [1.807, 2.05) is 0 Å². The molecule has 2 atom stereocenters. The average Bonchev–Trinajstić information content (AvgIpc) is 2.25. The molecule has 2 unspecified atom stereocenters. The van der Waals surface area contributed by atoms with E-state index in [0.717, 1.165) is 6.08 Å². The highest BCUT2D eigenvalue weighted by Crippen LogP contribution is 2.44. The maximum absolute atomic E-state index is 12.4. The van der Waals surface area contributed by atoms with Crippen LogP contribution in [0.15, 0.2) is 36.4 Å². The molecule has 1 nitrogen and oxygen atoms in total. The molecule has 0 saturated heterocycles. The zero-order valence-electron chi connectivity index (χ0n) is 8.46. The summed E-state index contributed by atoms with van der Waals surface area (Å²) in [5.74, 6) is 0. The maximum atomic E-state index is 12.4. The highest BCUT2D eigenvalue weighted by Gasteiger charge is 2.56. The fraction of sp³-hybridized carbons (Fsp3) is 0.273. The summed E-state index contributed by atoms with van der Waals surface area (Å²) in [4.78, 5) is 0. The van der Waals surface area contributed by atoms with E-state index in [2.05, 4.69) is 15.9 Å².